The Balaban J connectivity index is 1.61. The van der Waals surface area contributed by atoms with Crippen molar-refractivity contribution in [1.29, 1.82) is 0 Å². The van der Waals surface area contributed by atoms with Crippen LogP contribution in [0.15, 0.2) is 42.7 Å². The number of nitrogens with one attached hydrogen (secondary N) is 1. The largest absolute Gasteiger partial charge is 0.491 e. The van der Waals surface area contributed by atoms with Gasteiger partial charge in [0.05, 0.1) is 11.7 Å². The van der Waals surface area contributed by atoms with E-state index < -0.39 is 0 Å². The van der Waals surface area contributed by atoms with Crippen LogP contribution in [0.1, 0.15) is 42.6 Å². The van der Waals surface area contributed by atoms with Crippen LogP contribution in [0.2, 0.25) is 0 Å². The molecule has 0 unspecified atom stereocenters. The number of benzene rings is 1. The lowest BCUT2D eigenvalue weighted by molar-refractivity contribution is -0.117. The molecule has 1 aromatic heterocycles. The van der Waals surface area contributed by atoms with Crippen molar-refractivity contribution in [1.82, 2.24) is 14.8 Å². The zero-order chi connectivity index (χ0) is 24.9. The molecule has 0 spiro atoms. The van der Waals surface area contributed by atoms with Crippen molar-refractivity contribution in [2.75, 3.05) is 39.2 Å². The number of carbonyl (C=O) groups excluding carboxylic acids is 2. The summed E-state index contributed by atoms with van der Waals surface area (Å²) in [5.74, 6) is 0.630. The molecule has 1 N–H and O–H groups in total. The maximum absolute atomic E-state index is 13.5. The Morgan fingerprint density at radius 2 is 2.03 bits per heavy atom. The van der Waals surface area contributed by atoms with Gasteiger partial charge in [0.1, 0.15) is 12.4 Å². The molecule has 0 saturated heterocycles. The van der Waals surface area contributed by atoms with Crippen molar-refractivity contribution >= 4 is 17.5 Å². The monoisotopic (exact) mass is 480 g/mol. The van der Waals surface area contributed by atoms with E-state index in [0.717, 1.165) is 31.5 Å². The van der Waals surface area contributed by atoms with Crippen molar-refractivity contribution in [3.63, 3.8) is 0 Å². The highest BCUT2D eigenvalue weighted by atomic mass is 16.5. The van der Waals surface area contributed by atoms with Gasteiger partial charge < -0.3 is 19.7 Å². The van der Waals surface area contributed by atoms with E-state index >= 15 is 0 Å². The number of amides is 2. The van der Waals surface area contributed by atoms with Gasteiger partial charge in [-0.15, -0.1) is 0 Å². The summed E-state index contributed by atoms with van der Waals surface area (Å²) < 4.78 is 12.1. The lowest BCUT2D eigenvalue weighted by atomic mass is 10.0. The minimum atomic E-state index is -0.155. The van der Waals surface area contributed by atoms with Gasteiger partial charge in [0.25, 0.3) is 5.91 Å². The molecule has 0 bridgehead atoms. The summed E-state index contributed by atoms with van der Waals surface area (Å²) in [6.45, 7) is 6.69. The summed E-state index contributed by atoms with van der Waals surface area (Å²) in [6, 6.07) is 9.42. The highest BCUT2D eigenvalue weighted by Crippen LogP contribution is 2.31. The Hall–Kier alpha value is -2.97. The first kappa shape index (κ1) is 25.1. The fraction of sp³-hybridized carbons (Fsp3) is 0.519. The molecule has 2 aromatic rings. The molecule has 1 aromatic carbocycles. The number of aromatic nitrogens is 1. The number of pyridine rings is 1. The van der Waals surface area contributed by atoms with E-state index in [1.54, 1.807) is 43.5 Å². The summed E-state index contributed by atoms with van der Waals surface area (Å²) in [5, 5.41) is 2.94. The molecule has 8 heteroatoms. The lowest BCUT2D eigenvalue weighted by Gasteiger charge is -2.36. The maximum Gasteiger partial charge on any atom is 0.257 e. The second-order valence-electron chi connectivity index (χ2n) is 9.86. The highest BCUT2D eigenvalue weighted by molar-refractivity contribution is 6.00. The third-order valence-electron chi connectivity index (χ3n) is 6.90. The van der Waals surface area contributed by atoms with Crippen molar-refractivity contribution in [3.05, 3.63) is 53.9 Å². The minimum absolute atomic E-state index is 0.00719. The predicted molar refractivity (Wildman–Crippen MR) is 134 cm³/mol. The molecule has 8 nitrogen and oxygen atoms in total. The first-order chi connectivity index (χ1) is 16.9. The molecule has 188 valence electrons. The van der Waals surface area contributed by atoms with Gasteiger partial charge in [-0.2, -0.15) is 0 Å². The highest BCUT2D eigenvalue weighted by Gasteiger charge is 2.31. The van der Waals surface area contributed by atoms with Crippen molar-refractivity contribution in [2.24, 2.45) is 11.8 Å². The number of fused-ring (bicyclic) bond motifs is 1. The first-order valence-corrected chi connectivity index (χ1v) is 12.3. The third kappa shape index (κ3) is 6.38. The Morgan fingerprint density at radius 1 is 1.23 bits per heavy atom. The molecule has 3 atom stereocenters. The van der Waals surface area contributed by atoms with Crippen LogP contribution in [0, 0.1) is 11.8 Å². The zero-order valence-corrected chi connectivity index (χ0v) is 21.1. The molecule has 1 aliphatic carbocycles. The van der Waals surface area contributed by atoms with E-state index in [1.165, 1.54) is 0 Å². The number of likely N-dealkylation sites (N-methyl/N-ethyl adjacent to an activating group) is 1. The summed E-state index contributed by atoms with van der Waals surface area (Å²) >= 11 is 0. The van der Waals surface area contributed by atoms with Crippen LogP contribution in [0.3, 0.4) is 0 Å². The van der Waals surface area contributed by atoms with E-state index in [0.29, 0.717) is 30.2 Å². The molecule has 1 fully saturated rings. The van der Waals surface area contributed by atoms with Gasteiger partial charge in [-0.05, 0) is 55.5 Å². The van der Waals surface area contributed by atoms with Crippen molar-refractivity contribution in [2.45, 2.75) is 45.4 Å². The van der Waals surface area contributed by atoms with Gasteiger partial charge in [-0.1, -0.05) is 13.0 Å². The second-order valence-corrected chi connectivity index (χ2v) is 9.86. The van der Waals surface area contributed by atoms with E-state index in [1.807, 2.05) is 12.3 Å². The smallest absolute Gasteiger partial charge is 0.257 e. The van der Waals surface area contributed by atoms with Crippen molar-refractivity contribution < 1.29 is 19.1 Å². The second kappa shape index (κ2) is 11.2. The van der Waals surface area contributed by atoms with Gasteiger partial charge in [-0.25, -0.2) is 0 Å². The molecule has 0 radical (unpaired) electrons. The number of anilines is 1. The molecule has 1 aliphatic heterocycles. The van der Waals surface area contributed by atoms with Gasteiger partial charge in [0.2, 0.25) is 5.91 Å². The fourth-order valence-electron chi connectivity index (χ4n) is 4.47. The van der Waals surface area contributed by atoms with E-state index in [4.69, 9.17) is 9.47 Å². The average Bonchev–Trinajstić information content (AvgIpc) is 3.71. The number of ether oxygens (including phenoxy) is 2. The zero-order valence-electron chi connectivity index (χ0n) is 21.1. The Morgan fingerprint density at radius 3 is 2.71 bits per heavy atom. The first-order valence-electron chi connectivity index (χ1n) is 12.3. The van der Waals surface area contributed by atoms with Crippen molar-refractivity contribution in [3.8, 4) is 5.75 Å². The van der Waals surface area contributed by atoms with E-state index in [-0.39, 0.29) is 35.8 Å². The Bertz CT molecular complexity index is 1030. The molecule has 4 rings (SSSR count). The number of methoxy groups -OCH3 is 1. The fourth-order valence-corrected chi connectivity index (χ4v) is 4.47. The maximum atomic E-state index is 13.5. The van der Waals surface area contributed by atoms with Crippen LogP contribution >= 0.6 is 0 Å². The Labute approximate surface area is 207 Å². The molecule has 2 aliphatic rings. The quantitative estimate of drug-likeness (QED) is 0.706. The van der Waals surface area contributed by atoms with Gasteiger partial charge in [0, 0.05) is 63.8 Å². The molecule has 2 amide bonds. The summed E-state index contributed by atoms with van der Waals surface area (Å²) in [4.78, 5) is 34.0. The number of carbonyl (C=O) groups is 2. The van der Waals surface area contributed by atoms with E-state index in [9.17, 15) is 9.59 Å². The molecule has 2 heterocycles. The van der Waals surface area contributed by atoms with Gasteiger partial charge in [-0.3, -0.25) is 19.5 Å². The van der Waals surface area contributed by atoms with Crippen LogP contribution < -0.4 is 10.1 Å². The normalized spacial score (nSPS) is 24.1. The van der Waals surface area contributed by atoms with Crippen LogP contribution in [-0.2, 0) is 16.1 Å². The average molecular weight is 481 g/mol. The standard InChI is InChI=1S/C27H36N4O4/c1-18-14-31(15-20-6-5-11-28-13-20)19(2)17-35-24-10-9-22(29-26(32)21-7-8-21)12-23(24)27(33)30(3)16-25(18)34-4/h5-6,9-13,18-19,21,25H,7-8,14-17H2,1-4H3,(H,29,32)/t18-,19+,25-/m0/s1. The molecular weight excluding hydrogens is 444 g/mol. The number of hydrogen-bond acceptors (Lipinski definition) is 6. The number of rotatable bonds is 5. The third-order valence-corrected chi connectivity index (χ3v) is 6.90. The van der Waals surface area contributed by atoms with Gasteiger partial charge >= 0.3 is 0 Å². The molecule has 1 saturated carbocycles. The summed E-state index contributed by atoms with van der Waals surface area (Å²) in [6.07, 6.45) is 5.38. The SMILES string of the molecule is CO[C@H]1CN(C)C(=O)c2cc(NC(=O)C3CC3)ccc2OC[C@@H](C)N(Cc2cccnc2)C[C@@H]1C. The van der Waals surface area contributed by atoms with Crippen LogP contribution in [0.5, 0.6) is 5.75 Å². The molecule has 35 heavy (non-hydrogen) atoms. The van der Waals surface area contributed by atoms with E-state index in [2.05, 4.69) is 35.1 Å². The summed E-state index contributed by atoms with van der Waals surface area (Å²) in [5.41, 5.74) is 2.19. The van der Waals surface area contributed by atoms with Crippen LogP contribution in [-0.4, -0.2) is 72.6 Å². The van der Waals surface area contributed by atoms with Gasteiger partial charge in [0.15, 0.2) is 0 Å². The minimum Gasteiger partial charge on any atom is -0.491 e. The van der Waals surface area contributed by atoms with Crippen LogP contribution in [0.4, 0.5) is 5.69 Å². The number of nitrogens with zero attached hydrogens (tertiary/aromatic N) is 3. The summed E-state index contributed by atoms with van der Waals surface area (Å²) in [7, 11) is 3.48. The molecular formula is C27H36N4O4. The predicted octanol–water partition coefficient (Wildman–Crippen LogP) is 3.44. The topological polar surface area (TPSA) is 84.0 Å². The number of hydrogen-bond donors (Lipinski definition) is 1. The lowest BCUT2D eigenvalue weighted by Crippen LogP contribution is -2.46. The van der Waals surface area contributed by atoms with Crippen LogP contribution in [0.25, 0.3) is 0 Å². The Kier molecular flexibility index (Phi) is 8.03.